The van der Waals surface area contributed by atoms with Gasteiger partial charge in [0.05, 0.1) is 120 Å². The molecule has 8 aliphatic heterocycles. The van der Waals surface area contributed by atoms with E-state index in [9.17, 15) is 196 Å². The van der Waals surface area contributed by atoms with Gasteiger partial charge in [0.2, 0.25) is 59.1 Å². The zero-order valence-corrected chi connectivity index (χ0v) is 82.8. The van der Waals surface area contributed by atoms with Crippen molar-refractivity contribution < 1.29 is 272 Å². The highest BCUT2D eigenvalue weighted by Crippen LogP contribution is 2.46. The zero-order valence-electron chi connectivity index (χ0n) is 82.8. The van der Waals surface area contributed by atoms with E-state index in [1.807, 2.05) is 0 Å². The lowest BCUT2D eigenvalue weighted by Gasteiger charge is -2.54. The quantitative estimate of drug-likeness (QED) is 0.0199. The lowest BCUT2D eigenvalue weighted by molar-refractivity contribution is -0.424. The maximum atomic E-state index is 14.5. The average Bonchev–Trinajstić information content (AvgIpc) is 0.747. The van der Waals surface area contributed by atoms with Gasteiger partial charge in [0, 0.05) is 60.3 Å². The number of ether oxygens (including phenoxy) is 16. The maximum absolute atomic E-state index is 14.5. The number of nitrogens with one attached hydrogen (secondary N) is 6. The second kappa shape index (κ2) is 58.4. The molecule has 0 aromatic carbocycles. The Kier molecular flexibility index (Phi) is 49.9. The fourth-order valence-electron chi connectivity index (χ4n) is 19.5. The molecule has 8 fully saturated rings. The molecule has 6 amide bonds. The number of carboxylic acids is 4. The van der Waals surface area contributed by atoms with Crippen molar-refractivity contribution in [1.82, 2.24) is 31.9 Å². The molecule has 61 heteroatoms. The summed E-state index contributed by atoms with van der Waals surface area (Å²) >= 11 is 0. The minimum absolute atomic E-state index is 0.129. The van der Waals surface area contributed by atoms with Crippen molar-refractivity contribution in [2.45, 2.75) is 437 Å². The molecule has 150 heavy (non-hydrogen) atoms. The summed E-state index contributed by atoms with van der Waals surface area (Å²) in [6.45, 7) is -6.20. The molecule has 0 aliphatic carbocycles. The molecular formula is C89H146N6O55-4. The summed E-state index contributed by atoms with van der Waals surface area (Å²) in [6, 6.07) is -11.9. The third kappa shape index (κ3) is 31.6. The molecule has 0 bridgehead atoms. The highest BCUT2D eigenvalue weighted by Gasteiger charge is 2.65. The van der Waals surface area contributed by atoms with E-state index >= 15 is 0 Å². The van der Waals surface area contributed by atoms with Crippen LogP contribution in [0.3, 0.4) is 0 Å². The number of rotatable bonds is 59. The predicted octanol–water partition coefficient (Wildman–Crippen LogP) is -21.3. The van der Waals surface area contributed by atoms with E-state index in [1.165, 1.54) is 25.7 Å². The van der Waals surface area contributed by atoms with Gasteiger partial charge in [0.15, 0.2) is 25.2 Å². The topological polar surface area (TPSA) is 989 Å². The van der Waals surface area contributed by atoms with Crippen LogP contribution >= 0.6 is 0 Å². The fraction of sp³-hybridized carbons (Fsp3) is 0.888. The van der Waals surface area contributed by atoms with Crippen LogP contribution in [0.2, 0.25) is 0 Å². The Labute approximate surface area is 857 Å². The molecule has 8 aliphatic rings. The van der Waals surface area contributed by atoms with Gasteiger partial charge in [-0.3, -0.25) is 28.8 Å². The minimum Gasteiger partial charge on any atom is -0.544 e. The summed E-state index contributed by atoms with van der Waals surface area (Å²) < 4.78 is 94.5. The number of carbonyl (C=O) groups is 10. The van der Waals surface area contributed by atoms with E-state index in [1.54, 1.807) is 0 Å². The number of amides is 6. The summed E-state index contributed by atoms with van der Waals surface area (Å²) in [5, 5.41) is 355. The Bertz CT molecular complexity index is 4230. The van der Waals surface area contributed by atoms with Crippen LogP contribution in [-0.4, -0.2) is 527 Å². The van der Waals surface area contributed by atoms with Crippen molar-refractivity contribution in [2.24, 2.45) is 0 Å². The SMILES string of the molecule is CCCCCCCCCCCCCCC[C@@H](O)[C@H](CO[C@@H]1O[C@H](CO)[C@@H](O[C@@H]2O[C@H](CO)[C@H](O[C@@H]3O[C@H](CO)[C@H](O)[C@H](O[C@@H]4O[C@H](CO)[C@H](O)[C@H](O[C@]5(C(=O)[O-])C[C@H](O)[C@@H](NC(C)=O)[C@H]([C@H](O)[C@@H](CO)O[C@]6(C(=O)[O-])C[C@H](O)[C@@H](NC(C)=O)[C@H]([C@H](O)[C@H](O)CO)O6)O5)[C@H]4O)[C@H]3NC(C)=O)[C@H](O[C@]3(C(=O)[O-])C[C@H](O)[C@@H](NC(C)=O)[C@H]([C@H](O)[C@@H](CO)O[C@]4(C(=O)[O-])C[C@H](O)[C@@H](NC(C)=O)[C@H]([C@H](O)[C@H](O)CO)O4)O3)[C@H]2O)[C@H](O)[C@H]1O)NC=O. The maximum Gasteiger partial charge on any atom is 0.217 e. The Morgan fingerprint density at radius 3 is 1.03 bits per heavy atom. The molecule has 8 saturated heterocycles. The Morgan fingerprint density at radius 2 is 0.660 bits per heavy atom. The monoisotopic (exact) mass is 2180 g/mol. The largest absolute Gasteiger partial charge is 0.544 e. The van der Waals surface area contributed by atoms with E-state index in [0.717, 1.165) is 79.6 Å². The smallest absolute Gasteiger partial charge is 0.217 e. The number of aliphatic hydroxyl groups excluding tert-OH is 25. The average molecular weight is 2180 g/mol. The van der Waals surface area contributed by atoms with Crippen molar-refractivity contribution in [2.75, 3.05) is 59.5 Å². The second-order valence-electron chi connectivity index (χ2n) is 38.5. The van der Waals surface area contributed by atoms with Gasteiger partial charge < -0.3 is 275 Å². The van der Waals surface area contributed by atoms with E-state index in [-0.39, 0.29) is 12.8 Å². The number of carboxylic acid groups (broad SMARTS) is 4. The Morgan fingerprint density at radius 1 is 0.347 bits per heavy atom. The number of unbranched alkanes of at least 4 members (excludes halogenated alkanes) is 12. The van der Waals surface area contributed by atoms with Crippen molar-refractivity contribution in [1.29, 1.82) is 0 Å². The fourth-order valence-corrected chi connectivity index (χ4v) is 19.5. The summed E-state index contributed by atoms with van der Waals surface area (Å²) in [4.78, 5) is 132. The Balaban J connectivity index is 1.17. The van der Waals surface area contributed by atoms with Crippen LogP contribution in [-0.2, 0) is 124 Å². The first kappa shape index (κ1) is 128. The van der Waals surface area contributed by atoms with E-state index in [2.05, 4.69) is 38.8 Å². The van der Waals surface area contributed by atoms with Gasteiger partial charge in [0.1, 0.15) is 195 Å². The lowest BCUT2D eigenvalue weighted by Crippen LogP contribution is -2.74. The summed E-state index contributed by atoms with van der Waals surface area (Å²) in [5.74, 6) is -31.0. The van der Waals surface area contributed by atoms with Crippen LogP contribution in [0.15, 0.2) is 0 Å². The van der Waals surface area contributed by atoms with Crippen molar-refractivity contribution in [3.05, 3.63) is 0 Å². The molecule has 0 radical (unpaired) electrons. The number of aliphatic hydroxyl groups is 25. The molecule has 46 atom stereocenters. The van der Waals surface area contributed by atoms with Gasteiger partial charge in [0.25, 0.3) is 0 Å². The number of hydrogen-bond donors (Lipinski definition) is 31. The van der Waals surface area contributed by atoms with Crippen molar-refractivity contribution in [3.8, 4) is 0 Å². The number of carbonyl (C=O) groups excluding carboxylic acids is 10. The van der Waals surface area contributed by atoms with Crippen LogP contribution < -0.4 is 52.3 Å². The standard InChI is InChI=1S/C89H150N6O55/c1-7-8-9-10-11-12-13-14-15-16-17-18-19-20-41(110)40(90-34-104)33-135-79-66(124)65(123)69(52(31-102)138-79)140-81-68(126)77(150-89(85(133)134)24-45(114)57(94-38(5)108)75(148-89)64(122)51(30-101)144-87(83(129)130)22-43(112)55(92-36(3)106)73(146-87)60(118)47(116)26-97)70(53(32-103)139-81)141-78-58(95-39(6)109)71(61(119)48(27-98)136-78)142-80-67(125)76(62(120)49(28-99)137-80)149-88(84(131)132)23-44(113)56(93-37(4)107)74(147-88)63(121)50(29-100)143-86(82(127)128)21-42(111)54(91-35(2)105)72(145-86)59(117)46(115)25-96/h34,40-81,96-103,110-126H,7-33H2,1-6H3,(H,90,104)(H,91,105)(H,92,106)(H,93,107)(H,94,108)(H,95,109)(H,127,128)(H,129,130)(H,131,132)(H,133,134)/p-4/t40-,41+,42-,43-,44-,45-,46+,47+,48+,49+,50+,51+,52+,53+,54+,55+,56+,57+,58+,59+,60+,61-,62-,63+,64+,65+,66+,67+,68+,69+,70-,71+,72+,73+,74+,75+,76-,77+,78-,79+,80-,81-,86+,87+,88-,89-/m0/s1. The van der Waals surface area contributed by atoms with Crippen LogP contribution in [0.1, 0.15) is 157 Å². The van der Waals surface area contributed by atoms with Crippen LogP contribution in [0, 0.1) is 0 Å². The first-order valence-corrected chi connectivity index (χ1v) is 49.3. The molecule has 31 N–H and O–H groups in total. The number of aliphatic carboxylic acids is 4. The molecule has 0 spiro atoms. The molecule has 8 rings (SSSR count). The van der Waals surface area contributed by atoms with Crippen molar-refractivity contribution >= 4 is 59.8 Å². The zero-order chi connectivity index (χ0) is 112. The second-order valence-corrected chi connectivity index (χ2v) is 38.5. The van der Waals surface area contributed by atoms with Gasteiger partial charge in [-0.25, -0.2) is 0 Å². The van der Waals surface area contributed by atoms with Crippen molar-refractivity contribution in [3.63, 3.8) is 0 Å². The molecule has 61 nitrogen and oxygen atoms in total. The van der Waals surface area contributed by atoms with Crippen LogP contribution in [0.25, 0.3) is 0 Å². The minimum atomic E-state index is -4.00. The summed E-state index contributed by atoms with van der Waals surface area (Å²) in [7, 11) is 0. The molecule has 0 aromatic heterocycles. The van der Waals surface area contributed by atoms with Crippen LogP contribution in [0.5, 0.6) is 0 Å². The van der Waals surface area contributed by atoms with Gasteiger partial charge >= 0.3 is 0 Å². The predicted molar refractivity (Wildman–Crippen MR) is 474 cm³/mol. The van der Waals surface area contributed by atoms with Gasteiger partial charge in [-0.2, -0.15) is 0 Å². The first-order chi connectivity index (χ1) is 70.8. The molecular weight excluding hydrogens is 2030 g/mol. The van der Waals surface area contributed by atoms with Gasteiger partial charge in [-0.05, 0) is 6.42 Å². The molecule has 0 aromatic rings. The van der Waals surface area contributed by atoms with E-state index in [4.69, 9.17) is 75.8 Å². The third-order valence-corrected chi connectivity index (χ3v) is 27.3. The van der Waals surface area contributed by atoms with Crippen LogP contribution in [0.4, 0.5) is 0 Å². The van der Waals surface area contributed by atoms with Gasteiger partial charge in [-0.1, -0.05) is 90.4 Å². The molecule has 0 unspecified atom stereocenters. The Hall–Kier alpha value is -6.94. The highest BCUT2D eigenvalue weighted by molar-refractivity contribution is 5.78. The first-order valence-electron chi connectivity index (χ1n) is 49.3. The number of hydrogen-bond acceptors (Lipinski definition) is 55. The highest BCUT2D eigenvalue weighted by atomic mass is 16.8. The molecule has 866 valence electrons. The van der Waals surface area contributed by atoms with Gasteiger partial charge in [-0.15, -0.1) is 0 Å². The lowest BCUT2D eigenvalue weighted by atomic mass is 9.87. The third-order valence-electron chi connectivity index (χ3n) is 27.3. The van der Waals surface area contributed by atoms with E-state index < -0.39 is 418 Å². The summed E-state index contributed by atoms with van der Waals surface area (Å²) in [6.07, 6.45) is -82.5. The van der Waals surface area contributed by atoms with E-state index in [0.29, 0.717) is 12.8 Å². The molecule has 0 saturated carbocycles. The normalized spacial score (nSPS) is 38.4. The molecule has 8 heterocycles. The summed E-state index contributed by atoms with van der Waals surface area (Å²) in [5.41, 5.74) is 0.